The molecule has 1 atom stereocenters. The van der Waals surface area contributed by atoms with Gasteiger partial charge in [-0.25, -0.2) is 9.97 Å². The third-order valence-corrected chi connectivity index (χ3v) is 5.22. The number of aromatic nitrogens is 4. The molecule has 0 aliphatic carbocycles. The molecule has 1 saturated heterocycles. The highest BCUT2D eigenvalue weighted by Gasteiger charge is 2.23. The number of nitrogens with one attached hydrogen (secondary N) is 1. The first-order chi connectivity index (χ1) is 14.8. The summed E-state index contributed by atoms with van der Waals surface area (Å²) in [5.74, 6) is 0.553. The van der Waals surface area contributed by atoms with Gasteiger partial charge in [-0.2, -0.15) is 0 Å². The summed E-state index contributed by atoms with van der Waals surface area (Å²) in [7, 11) is 0. The van der Waals surface area contributed by atoms with Crippen LogP contribution < -0.4 is 5.32 Å². The maximum absolute atomic E-state index is 6.02. The van der Waals surface area contributed by atoms with Gasteiger partial charge in [-0.3, -0.25) is 14.9 Å². The van der Waals surface area contributed by atoms with Gasteiger partial charge in [0.1, 0.15) is 6.10 Å². The van der Waals surface area contributed by atoms with Crippen LogP contribution in [-0.4, -0.2) is 44.5 Å². The van der Waals surface area contributed by atoms with Crippen molar-refractivity contribution in [3.63, 3.8) is 0 Å². The summed E-state index contributed by atoms with van der Waals surface area (Å²) in [6, 6.07) is 16.2. The van der Waals surface area contributed by atoms with Crippen LogP contribution in [0.15, 0.2) is 73.3 Å². The van der Waals surface area contributed by atoms with Gasteiger partial charge in [-0.15, -0.1) is 0 Å². The Morgan fingerprint density at radius 2 is 1.83 bits per heavy atom. The smallest absolute Gasteiger partial charge is 0.227 e. The number of anilines is 2. The van der Waals surface area contributed by atoms with E-state index in [-0.39, 0.29) is 6.10 Å². The summed E-state index contributed by atoms with van der Waals surface area (Å²) in [6.07, 6.45) is 6.99. The molecule has 4 aromatic rings. The molecular formula is C23H22N6O. The van der Waals surface area contributed by atoms with Gasteiger partial charge in [-0.05, 0) is 35.9 Å². The van der Waals surface area contributed by atoms with Crippen molar-refractivity contribution in [3.05, 3.63) is 84.6 Å². The van der Waals surface area contributed by atoms with E-state index in [1.807, 2.05) is 24.4 Å². The summed E-state index contributed by atoms with van der Waals surface area (Å²) in [5.41, 5.74) is 4.10. The second-order valence-corrected chi connectivity index (χ2v) is 7.25. The molecule has 1 aliphatic heterocycles. The van der Waals surface area contributed by atoms with E-state index in [1.54, 1.807) is 24.7 Å². The molecule has 0 amide bonds. The van der Waals surface area contributed by atoms with E-state index in [1.165, 1.54) is 10.9 Å². The van der Waals surface area contributed by atoms with Crippen LogP contribution >= 0.6 is 0 Å². The molecular weight excluding hydrogens is 376 g/mol. The Bertz CT molecular complexity index is 1110. The lowest BCUT2D eigenvalue weighted by Crippen LogP contribution is -2.38. The van der Waals surface area contributed by atoms with E-state index >= 15 is 0 Å². The average Bonchev–Trinajstić information content (AvgIpc) is 2.81. The second-order valence-electron chi connectivity index (χ2n) is 7.25. The molecule has 1 aliphatic rings. The average molecular weight is 398 g/mol. The maximum Gasteiger partial charge on any atom is 0.227 e. The molecule has 0 spiro atoms. The third kappa shape index (κ3) is 4.12. The number of pyridine rings is 2. The van der Waals surface area contributed by atoms with Crippen LogP contribution in [-0.2, 0) is 11.3 Å². The van der Waals surface area contributed by atoms with Gasteiger partial charge in [0.15, 0.2) is 0 Å². The first-order valence-corrected chi connectivity index (χ1v) is 10.0. The quantitative estimate of drug-likeness (QED) is 0.549. The molecule has 1 N–H and O–H groups in total. The predicted octanol–water partition coefficient (Wildman–Crippen LogP) is 3.74. The van der Waals surface area contributed by atoms with Gasteiger partial charge in [0.2, 0.25) is 5.95 Å². The van der Waals surface area contributed by atoms with E-state index in [2.05, 4.69) is 54.4 Å². The summed E-state index contributed by atoms with van der Waals surface area (Å²) in [4.78, 5) is 19.8. The number of morpholine rings is 1. The Kier molecular flexibility index (Phi) is 5.28. The molecule has 30 heavy (non-hydrogen) atoms. The number of nitrogens with zero attached hydrogens (tertiary/aromatic N) is 5. The highest BCUT2D eigenvalue weighted by Crippen LogP contribution is 2.25. The first-order valence-electron chi connectivity index (χ1n) is 10.0. The van der Waals surface area contributed by atoms with E-state index in [4.69, 9.17) is 4.74 Å². The fourth-order valence-electron chi connectivity index (χ4n) is 3.73. The summed E-state index contributed by atoms with van der Waals surface area (Å²) >= 11 is 0. The lowest BCUT2D eigenvalue weighted by atomic mass is 10.1. The van der Waals surface area contributed by atoms with Crippen molar-refractivity contribution in [1.29, 1.82) is 0 Å². The van der Waals surface area contributed by atoms with Crippen LogP contribution in [0.1, 0.15) is 17.4 Å². The number of hydrogen-bond donors (Lipinski definition) is 1. The molecule has 5 rings (SSSR count). The van der Waals surface area contributed by atoms with Crippen LogP contribution in [0.5, 0.6) is 0 Å². The molecule has 7 nitrogen and oxygen atoms in total. The largest absolute Gasteiger partial charge is 0.369 e. The molecule has 0 saturated carbocycles. The minimum absolute atomic E-state index is 0.0473. The normalized spacial score (nSPS) is 17.1. The zero-order valence-corrected chi connectivity index (χ0v) is 16.5. The monoisotopic (exact) mass is 398 g/mol. The van der Waals surface area contributed by atoms with E-state index in [9.17, 15) is 0 Å². The molecule has 1 aromatic carbocycles. The topological polar surface area (TPSA) is 76.1 Å². The SMILES string of the molecule is c1cnc(Nc2ccc([C@H]3CN(Cc4cccc5ncccc45)CCO3)nc2)nc1. The number of benzene rings is 1. The van der Waals surface area contributed by atoms with Crippen LogP contribution in [0.25, 0.3) is 10.9 Å². The van der Waals surface area contributed by atoms with Gasteiger partial charge in [0.25, 0.3) is 0 Å². The summed E-state index contributed by atoms with van der Waals surface area (Å²) < 4.78 is 6.02. The van der Waals surface area contributed by atoms with Crippen molar-refractivity contribution in [3.8, 4) is 0 Å². The van der Waals surface area contributed by atoms with E-state index in [0.717, 1.165) is 36.5 Å². The lowest BCUT2D eigenvalue weighted by Gasteiger charge is -2.33. The van der Waals surface area contributed by atoms with Crippen LogP contribution in [0.4, 0.5) is 11.6 Å². The van der Waals surface area contributed by atoms with Gasteiger partial charge in [-0.1, -0.05) is 18.2 Å². The highest BCUT2D eigenvalue weighted by molar-refractivity contribution is 5.81. The van der Waals surface area contributed by atoms with Crippen LogP contribution in [0.3, 0.4) is 0 Å². The number of rotatable bonds is 5. The molecule has 0 unspecified atom stereocenters. The van der Waals surface area contributed by atoms with Crippen molar-refractivity contribution in [2.24, 2.45) is 0 Å². The maximum atomic E-state index is 6.02. The van der Waals surface area contributed by atoms with Crippen molar-refractivity contribution in [1.82, 2.24) is 24.8 Å². The van der Waals surface area contributed by atoms with E-state index < -0.39 is 0 Å². The van der Waals surface area contributed by atoms with Crippen LogP contribution in [0.2, 0.25) is 0 Å². The van der Waals surface area contributed by atoms with E-state index in [0.29, 0.717) is 12.6 Å². The standard InChI is InChI=1S/C23H22N6O/c1-4-17(19-5-2-9-24-20(19)6-1)15-29-12-13-30-22(16-29)21-8-7-18(14-27-21)28-23-25-10-3-11-26-23/h1-11,14,22H,12-13,15-16H2,(H,25,26,28)/t22-/m1/s1. The number of hydrogen-bond acceptors (Lipinski definition) is 7. The third-order valence-electron chi connectivity index (χ3n) is 5.22. The Hall–Kier alpha value is -3.42. The van der Waals surface area contributed by atoms with Gasteiger partial charge >= 0.3 is 0 Å². The molecule has 3 aromatic heterocycles. The first kappa shape index (κ1) is 18.6. The lowest BCUT2D eigenvalue weighted by molar-refractivity contribution is -0.0348. The zero-order valence-electron chi connectivity index (χ0n) is 16.5. The minimum Gasteiger partial charge on any atom is -0.369 e. The van der Waals surface area contributed by atoms with Gasteiger partial charge in [0.05, 0.1) is 29.7 Å². The highest BCUT2D eigenvalue weighted by atomic mass is 16.5. The molecule has 1 fully saturated rings. The molecule has 4 heterocycles. The zero-order chi connectivity index (χ0) is 20.2. The Morgan fingerprint density at radius 1 is 0.933 bits per heavy atom. The fraction of sp³-hybridized carbons (Fsp3) is 0.217. The number of ether oxygens (including phenoxy) is 1. The van der Waals surface area contributed by atoms with Crippen molar-refractivity contribution >= 4 is 22.5 Å². The van der Waals surface area contributed by atoms with Crippen LogP contribution in [0, 0.1) is 0 Å². The molecule has 7 heteroatoms. The predicted molar refractivity (Wildman–Crippen MR) is 115 cm³/mol. The van der Waals surface area contributed by atoms with Gasteiger partial charge in [0, 0.05) is 43.6 Å². The van der Waals surface area contributed by atoms with Crippen molar-refractivity contribution in [2.75, 3.05) is 25.0 Å². The summed E-state index contributed by atoms with van der Waals surface area (Å²) in [6.45, 7) is 3.26. The van der Waals surface area contributed by atoms with Gasteiger partial charge < -0.3 is 10.1 Å². The fourth-order valence-corrected chi connectivity index (χ4v) is 3.73. The molecule has 0 bridgehead atoms. The molecule has 150 valence electrons. The van der Waals surface area contributed by atoms with Crippen molar-refractivity contribution in [2.45, 2.75) is 12.6 Å². The molecule has 0 radical (unpaired) electrons. The van der Waals surface area contributed by atoms with Crippen molar-refractivity contribution < 1.29 is 4.74 Å². The Balaban J connectivity index is 1.27. The second kappa shape index (κ2) is 8.52. The Labute approximate surface area is 174 Å². The number of fused-ring (bicyclic) bond motifs is 1. The minimum atomic E-state index is -0.0473. The Morgan fingerprint density at radius 3 is 2.70 bits per heavy atom. The summed E-state index contributed by atoms with van der Waals surface area (Å²) in [5, 5.41) is 4.36.